The van der Waals surface area contributed by atoms with Gasteiger partial charge >= 0.3 is 0 Å². The molecule has 5 heteroatoms. The van der Waals surface area contributed by atoms with Gasteiger partial charge in [0.15, 0.2) is 0 Å². The number of carbonyl (C=O) groups excluding carboxylic acids is 1. The van der Waals surface area contributed by atoms with Crippen molar-refractivity contribution in [2.45, 2.75) is 19.4 Å². The van der Waals surface area contributed by atoms with E-state index in [1.165, 1.54) is 6.07 Å². The van der Waals surface area contributed by atoms with Crippen molar-refractivity contribution in [3.8, 4) is 0 Å². The summed E-state index contributed by atoms with van der Waals surface area (Å²) < 4.78 is 13.7. The maximum atomic E-state index is 13.7. The lowest BCUT2D eigenvalue weighted by atomic mass is 9.96. The predicted octanol–water partition coefficient (Wildman–Crippen LogP) is 1.25. The van der Waals surface area contributed by atoms with E-state index in [4.69, 9.17) is 5.73 Å². The smallest absolute Gasteiger partial charge is 0.224 e. The van der Waals surface area contributed by atoms with Crippen molar-refractivity contribution < 1.29 is 9.18 Å². The Labute approximate surface area is 112 Å². The van der Waals surface area contributed by atoms with E-state index in [-0.39, 0.29) is 24.2 Å². The number of nitrogens with two attached hydrogens (primary N) is 1. The predicted molar refractivity (Wildman–Crippen MR) is 73.3 cm³/mol. The van der Waals surface area contributed by atoms with Crippen molar-refractivity contribution >= 4 is 11.6 Å². The Morgan fingerprint density at radius 2 is 2.37 bits per heavy atom. The van der Waals surface area contributed by atoms with Crippen LogP contribution in [0, 0.1) is 11.7 Å². The fourth-order valence-electron chi connectivity index (χ4n) is 2.53. The Morgan fingerprint density at radius 1 is 1.58 bits per heavy atom. The molecule has 1 unspecified atom stereocenters. The van der Waals surface area contributed by atoms with E-state index in [1.54, 1.807) is 13.1 Å². The van der Waals surface area contributed by atoms with E-state index in [0.717, 1.165) is 25.1 Å². The second kappa shape index (κ2) is 6.02. The van der Waals surface area contributed by atoms with Gasteiger partial charge in [-0.3, -0.25) is 4.79 Å². The van der Waals surface area contributed by atoms with Crippen LogP contribution in [-0.4, -0.2) is 26.0 Å². The summed E-state index contributed by atoms with van der Waals surface area (Å²) in [7, 11) is 1.65. The SMILES string of the molecule is CNC(=O)C1CCCN(c2ccc(CN)c(F)c2)C1. The van der Waals surface area contributed by atoms with E-state index < -0.39 is 0 Å². The fourth-order valence-corrected chi connectivity index (χ4v) is 2.53. The van der Waals surface area contributed by atoms with Gasteiger partial charge < -0.3 is 16.0 Å². The van der Waals surface area contributed by atoms with Crippen LogP contribution in [-0.2, 0) is 11.3 Å². The Hall–Kier alpha value is -1.62. The van der Waals surface area contributed by atoms with Crippen LogP contribution in [0.1, 0.15) is 18.4 Å². The summed E-state index contributed by atoms with van der Waals surface area (Å²) in [6.07, 6.45) is 1.83. The molecule has 19 heavy (non-hydrogen) atoms. The zero-order chi connectivity index (χ0) is 13.8. The molecule has 1 aromatic rings. The standard InChI is InChI=1S/C14H20FN3O/c1-17-14(19)11-3-2-6-18(9-11)12-5-4-10(8-16)13(15)7-12/h4-5,7,11H,2-3,6,8-9,16H2,1H3,(H,17,19). The van der Waals surface area contributed by atoms with Gasteiger partial charge in [-0.1, -0.05) is 6.07 Å². The molecule has 4 nitrogen and oxygen atoms in total. The second-order valence-electron chi connectivity index (χ2n) is 4.88. The van der Waals surface area contributed by atoms with E-state index in [9.17, 15) is 9.18 Å². The highest BCUT2D eigenvalue weighted by Gasteiger charge is 2.25. The first-order valence-electron chi connectivity index (χ1n) is 6.60. The van der Waals surface area contributed by atoms with Crippen LogP contribution in [0.2, 0.25) is 0 Å². The van der Waals surface area contributed by atoms with E-state index in [1.807, 2.05) is 6.07 Å². The molecule has 1 heterocycles. The van der Waals surface area contributed by atoms with Gasteiger partial charge in [-0.2, -0.15) is 0 Å². The molecule has 1 aliphatic heterocycles. The van der Waals surface area contributed by atoms with Crippen LogP contribution in [0.15, 0.2) is 18.2 Å². The normalized spacial score (nSPS) is 19.3. The van der Waals surface area contributed by atoms with Gasteiger partial charge in [0.2, 0.25) is 5.91 Å². The molecule has 1 amide bonds. The van der Waals surface area contributed by atoms with Gasteiger partial charge in [-0.15, -0.1) is 0 Å². The number of anilines is 1. The molecule has 1 aliphatic rings. The van der Waals surface area contributed by atoms with Crippen molar-refractivity contribution in [2.75, 3.05) is 25.0 Å². The molecule has 0 saturated carbocycles. The number of carbonyl (C=O) groups is 1. The van der Waals surface area contributed by atoms with Crippen molar-refractivity contribution in [3.63, 3.8) is 0 Å². The zero-order valence-electron chi connectivity index (χ0n) is 11.2. The van der Waals surface area contributed by atoms with Gasteiger partial charge in [-0.25, -0.2) is 4.39 Å². The highest BCUT2D eigenvalue weighted by Crippen LogP contribution is 2.25. The first-order chi connectivity index (χ1) is 9.15. The van der Waals surface area contributed by atoms with Crippen molar-refractivity contribution in [1.82, 2.24) is 5.32 Å². The number of hydrogen-bond donors (Lipinski definition) is 2. The molecule has 0 aliphatic carbocycles. The molecule has 0 aromatic heterocycles. The monoisotopic (exact) mass is 265 g/mol. The van der Waals surface area contributed by atoms with Crippen LogP contribution in [0.4, 0.5) is 10.1 Å². The Balaban J connectivity index is 2.13. The molecule has 2 rings (SSSR count). The summed E-state index contributed by atoms with van der Waals surface area (Å²) in [4.78, 5) is 13.7. The lowest BCUT2D eigenvalue weighted by Crippen LogP contribution is -2.42. The summed E-state index contributed by atoms with van der Waals surface area (Å²) in [5.74, 6) is -0.234. The first kappa shape index (κ1) is 13.8. The molecule has 0 radical (unpaired) electrons. The van der Waals surface area contributed by atoms with Gasteiger partial charge in [0, 0.05) is 37.9 Å². The minimum atomic E-state index is -0.276. The summed E-state index contributed by atoms with van der Waals surface area (Å²) in [5.41, 5.74) is 6.79. The molecule has 1 saturated heterocycles. The van der Waals surface area contributed by atoms with E-state index >= 15 is 0 Å². The molecule has 0 spiro atoms. The van der Waals surface area contributed by atoms with Crippen LogP contribution < -0.4 is 16.0 Å². The number of piperidine rings is 1. The summed E-state index contributed by atoms with van der Waals surface area (Å²) >= 11 is 0. The van der Waals surface area contributed by atoms with Crippen molar-refractivity contribution in [1.29, 1.82) is 0 Å². The summed E-state index contributed by atoms with van der Waals surface area (Å²) in [6, 6.07) is 5.10. The third kappa shape index (κ3) is 3.04. The molecular weight excluding hydrogens is 245 g/mol. The van der Waals surface area contributed by atoms with Crippen LogP contribution in [0.3, 0.4) is 0 Å². The largest absolute Gasteiger partial charge is 0.371 e. The minimum absolute atomic E-state index is 0.0176. The number of halogens is 1. The van der Waals surface area contributed by atoms with Crippen molar-refractivity contribution in [3.05, 3.63) is 29.6 Å². The number of amides is 1. The Kier molecular flexibility index (Phi) is 4.37. The zero-order valence-corrected chi connectivity index (χ0v) is 11.2. The van der Waals surface area contributed by atoms with Crippen LogP contribution in [0.5, 0.6) is 0 Å². The van der Waals surface area contributed by atoms with Gasteiger partial charge in [0.05, 0.1) is 5.92 Å². The number of hydrogen-bond acceptors (Lipinski definition) is 3. The van der Waals surface area contributed by atoms with Crippen molar-refractivity contribution in [2.24, 2.45) is 11.7 Å². The molecule has 1 fully saturated rings. The molecule has 1 aromatic carbocycles. The lowest BCUT2D eigenvalue weighted by molar-refractivity contribution is -0.124. The molecule has 0 bridgehead atoms. The Bertz CT molecular complexity index is 464. The second-order valence-corrected chi connectivity index (χ2v) is 4.88. The maximum absolute atomic E-state index is 13.7. The van der Waals surface area contributed by atoms with E-state index in [2.05, 4.69) is 10.2 Å². The average Bonchev–Trinajstić information content (AvgIpc) is 2.46. The number of benzene rings is 1. The summed E-state index contributed by atoms with van der Waals surface area (Å²) in [5, 5.41) is 2.68. The van der Waals surface area contributed by atoms with Gasteiger partial charge in [0.25, 0.3) is 0 Å². The van der Waals surface area contributed by atoms with Gasteiger partial charge in [0.1, 0.15) is 5.82 Å². The number of nitrogens with one attached hydrogen (secondary N) is 1. The van der Waals surface area contributed by atoms with Crippen LogP contribution in [0.25, 0.3) is 0 Å². The molecular formula is C14H20FN3O. The summed E-state index contributed by atoms with van der Waals surface area (Å²) in [6.45, 7) is 1.70. The number of nitrogens with zero attached hydrogens (tertiary/aromatic N) is 1. The topological polar surface area (TPSA) is 58.4 Å². The fraction of sp³-hybridized carbons (Fsp3) is 0.500. The first-order valence-corrected chi connectivity index (χ1v) is 6.60. The lowest BCUT2D eigenvalue weighted by Gasteiger charge is -2.33. The third-order valence-corrected chi connectivity index (χ3v) is 3.66. The Morgan fingerprint density at radius 3 is 3.00 bits per heavy atom. The third-order valence-electron chi connectivity index (χ3n) is 3.66. The highest BCUT2D eigenvalue weighted by molar-refractivity contribution is 5.79. The van der Waals surface area contributed by atoms with E-state index in [0.29, 0.717) is 12.1 Å². The van der Waals surface area contributed by atoms with Gasteiger partial charge in [-0.05, 0) is 25.0 Å². The molecule has 1 atom stereocenters. The number of rotatable bonds is 3. The molecule has 3 N–H and O–H groups in total. The average molecular weight is 265 g/mol. The highest BCUT2D eigenvalue weighted by atomic mass is 19.1. The molecule has 104 valence electrons. The minimum Gasteiger partial charge on any atom is -0.371 e. The quantitative estimate of drug-likeness (QED) is 0.864. The maximum Gasteiger partial charge on any atom is 0.224 e. The van der Waals surface area contributed by atoms with Crippen LogP contribution >= 0.6 is 0 Å².